The summed E-state index contributed by atoms with van der Waals surface area (Å²) < 4.78 is 6.19. The molecule has 0 bridgehead atoms. The van der Waals surface area contributed by atoms with E-state index >= 15 is 0 Å². The van der Waals surface area contributed by atoms with Crippen molar-refractivity contribution in [3.8, 4) is 28.7 Å². The molecule has 0 unspecified atom stereocenters. The average molecular weight is 437 g/mol. The first-order valence-electron chi connectivity index (χ1n) is 11.0. The number of carboxylic acid groups (broad SMARTS) is 1. The van der Waals surface area contributed by atoms with Gasteiger partial charge >= 0.3 is 5.97 Å². The quantitative estimate of drug-likeness (QED) is 0.419. The van der Waals surface area contributed by atoms with Gasteiger partial charge in [-0.15, -0.1) is 0 Å². The number of aromatic nitrogens is 1. The molecule has 0 aliphatic heterocycles. The summed E-state index contributed by atoms with van der Waals surface area (Å²) in [7, 11) is 0. The molecule has 0 radical (unpaired) electrons. The van der Waals surface area contributed by atoms with E-state index in [9.17, 15) is 10.1 Å². The van der Waals surface area contributed by atoms with Crippen LogP contribution in [0.25, 0.3) is 33.7 Å². The Morgan fingerprint density at radius 1 is 1.21 bits per heavy atom. The summed E-state index contributed by atoms with van der Waals surface area (Å²) in [6.45, 7) is 2.44. The van der Waals surface area contributed by atoms with Gasteiger partial charge in [0.2, 0.25) is 5.89 Å². The zero-order chi connectivity index (χ0) is 22.9. The lowest BCUT2D eigenvalue weighted by molar-refractivity contribution is -0.136. The number of benzene rings is 3. The highest BCUT2D eigenvalue weighted by Gasteiger charge is 2.28. The third-order valence-corrected chi connectivity index (χ3v) is 6.37. The molecular weight excluding hydrogens is 414 g/mol. The van der Waals surface area contributed by atoms with Gasteiger partial charge in [-0.3, -0.25) is 4.79 Å². The van der Waals surface area contributed by atoms with Crippen molar-refractivity contribution >= 4 is 17.1 Å². The number of aliphatic carboxylic acids is 1. The third-order valence-electron chi connectivity index (χ3n) is 6.37. The molecule has 1 heterocycles. The molecule has 6 nitrogen and oxygen atoms in total. The summed E-state index contributed by atoms with van der Waals surface area (Å²) >= 11 is 0. The van der Waals surface area contributed by atoms with Crippen molar-refractivity contribution in [3.63, 3.8) is 0 Å². The van der Waals surface area contributed by atoms with E-state index in [1.807, 2.05) is 36.4 Å². The van der Waals surface area contributed by atoms with Crippen LogP contribution in [0.15, 0.2) is 59.0 Å². The fraction of sp³-hybridized carbons (Fsp3) is 0.222. The van der Waals surface area contributed by atoms with E-state index in [2.05, 4.69) is 36.5 Å². The number of carbonyl (C=O) groups is 1. The molecule has 5 rings (SSSR count). The minimum Gasteiger partial charge on any atom is -0.481 e. The minimum atomic E-state index is -0.830. The van der Waals surface area contributed by atoms with Gasteiger partial charge in [0.15, 0.2) is 5.58 Å². The van der Waals surface area contributed by atoms with E-state index in [0.29, 0.717) is 29.1 Å². The first kappa shape index (κ1) is 20.9. The minimum absolute atomic E-state index is 0.0131. The number of carboxylic acids is 1. The second-order valence-electron chi connectivity index (χ2n) is 8.33. The molecule has 33 heavy (non-hydrogen) atoms. The van der Waals surface area contributed by atoms with Crippen molar-refractivity contribution in [2.75, 3.05) is 6.54 Å². The summed E-state index contributed by atoms with van der Waals surface area (Å²) in [4.78, 5) is 15.6. The molecule has 2 N–H and O–H groups in total. The van der Waals surface area contributed by atoms with Crippen LogP contribution in [0.4, 0.5) is 0 Å². The molecule has 0 saturated heterocycles. The highest BCUT2D eigenvalue weighted by molar-refractivity contribution is 5.86. The number of nitrogens with zero attached hydrogens (tertiary/aromatic N) is 2. The van der Waals surface area contributed by atoms with E-state index in [1.54, 1.807) is 0 Å². The van der Waals surface area contributed by atoms with Crippen LogP contribution in [0.3, 0.4) is 0 Å². The molecule has 1 aliphatic carbocycles. The predicted molar refractivity (Wildman–Crippen MR) is 126 cm³/mol. The molecule has 0 spiro atoms. The van der Waals surface area contributed by atoms with Crippen LogP contribution in [0, 0.1) is 18.3 Å². The van der Waals surface area contributed by atoms with Crippen LogP contribution in [0.1, 0.15) is 41.1 Å². The lowest BCUT2D eigenvalue weighted by atomic mass is 9.96. The topological polar surface area (TPSA) is 99.2 Å². The number of nitriles is 1. The Bertz CT molecular complexity index is 1400. The monoisotopic (exact) mass is 437 g/mol. The molecule has 0 saturated carbocycles. The highest BCUT2D eigenvalue weighted by Crippen LogP contribution is 2.40. The standard InChI is InChI=1S/C27H23N3O3/c1-16-18(17-6-3-2-4-7-17)8-5-9-19(16)27-30-24-14-21-20(22(15-28)26(24)33-27)10-11-23(21)29-13-12-25(31)32/h2-9,14,23,29H,10-13H2,1H3,(H,31,32)/t23-/m1/s1. The van der Waals surface area contributed by atoms with Crippen LogP contribution < -0.4 is 5.32 Å². The molecular formula is C27H23N3O3. The SMILES string of the molecule is Cc1c(-c2ccccc2)cccc1-c1nc2cc3c(c(C#N)c2o1)CC[C@H]3NCCC(=O)O. The molecule has 0 amide bonds. The highest BCUT2D eigenvalue weighted by atomic mass is 16.4. The fourth-order valence-electron chi connectivity index (χ4n) is 4.75. The molecule has 1 atom stereocenters. The van der Waals surface area contributed by atoms with Crippen molar-refractivity contribution in [2.45, 2.75) is 32.2 Å². The zero-order valence-corrected chi connectivity index (χ0v) is 18.3. The van der Waals surface area contributed by atoms with E-state index < -0.39 is 5.97 Å². The Kier molecular flexibility index (Phi) is 5.41. The summed E-state index contributed by atoms with van der Waals surface area (Å²) in [6, 6.07) is 20.6. The third kappa shape index (κ3) is 3.77. The number of oxazole rings is 1. The molecule has 164 valence electrons. The van der Waals surface area contributed by atoms with Crippen LogP contribution >= 0.6 is 0 Å². The van der Waals surface area contributed by atoms with Gasteiger partial charge < -0.3 is 14.8 Å². The lowest BCUT2D eigenvalue weighted by Gasteiger charge is -2.13. The number of rotatable bonds is 6. The van der Waals surface area contributed by atoms with E-state index in [1.165, 1.54) is 0 Å². The number of hydrogen-bond acceptors (Lipinski definition) is 5. The number of nitrogens with one attached hydrogen (secondary N) is 1. The first-order valence-corrected chi connectivity index (χ1v) is 11.0. The van der Waals surface area contributed by atoms with Gasteiger partial charge in [0.25, 0.3) is 0 Å². The molecule has 1 aromatic heterocycles. The van der Waals surface area contributed by atoms with Gasteiger partial charge in [0.05, 0.1) is 6.42 Å². The Balaban J connectivity index is 1.57. The molecule has 0 fully saturated rings. The number of fused-ring (bicyclic) bond motifs is 2. The molecule has 1 aliphatic rings. The Morgan fingerprint density at radius 2 is 2.00 bits per heavy atom. The summed E-state index contributed by atoms with van der Waals surface area (Å²) in [5.41, 5.74) is 7.87. The average Bonchev–Trinajstić information content (AvgIpc) is 3.42. The van der Waals surface area contributed by atoms with Gasteiger partial charge in [0.1, 0.15) is 17.1 Å². The normalized spacial score (nSPS) is 14.8. The van der Waals surface area contributed by atoms with Crippen molar-refractivity contribution in [1.82, 2.24) is 10.3 Å². The molecule has 6 heteroatoms. The summed E-state index contributed by atoms with van der Waals surface area (Å²) in [5.74, 6) is -0.334. The van der Waals surface area contributed by atoms with Crippen molar-refractivity contribution in [1.29, 1.82) is 5.26 Å². The Morgan fingerprint density at radius 3 is 2.76 bits per heavy atom. The van der Waals surface area contributed by atoms with Crippen molar-refractivity contribution < 1.29 is 14.3 Å². The Labute approximate surface area is 191 Å². The second-order valence-corrected chi connectivity index (χ2v) is 8.33. The second kappa shape index (κ2) is 8.53. The largest absolute Gasteiger partial charge is 0.481 e. The van der Waals surface area contributed by atoms with Gasteiger partial charge in [0, 0.05) is 18.2 Å². The van der Waals surface area contributed by atoms with E-state index in [-0.39, 0.29) is 12.5 Å². The first-order chi connectivity index (χ1) is 16.1. The van der Waals surface area contributed by atoms with E-state index in [0.717, 1.165) is 46.2 Å². The predicted octanol–water partition coefficient (Wildman–Crippen LogP) is 5.39. The van der Waals surface area contributed by atoms with Crippen molar-refractivity contribution in [3.05, 3.63) is 76.9 Å². The molecule has 3 aromatic carbocycles. The van der Waals surface area contributed by atoms with Crippen LogP contribution in [-0.2, 0) is 11.2 Å². The van der Waals surface area contributed by atoms with Crippen LogP contribution in [0.5, 0.6) is 0 Å². The maximum absolute atomic E-state index is 10.9. The van der Waals surface area contributed by atoms with Gasteiger partial charge in [-0.1, -0.05) is 42.5 Å². The van der Waals surface area contributed by atoms with Crippen LogP contribution in [0.2, 0.25) is 0 Å². The fourth-order valence-corrected chi connectivity index (χ4v) is 4.75. The van der Waals surface area contributed by atoms with E-state index in [4.69, 9.17) is 14.5 Å². The van der Waals surface area contributed by atoms with Gasteiger partial charge in [-0.2, -0.15) is 5.26 Å². The van der Waals surface area contributed by atoms with Crippen LogP contribution in [-0.4, -0.2) is 22.6 Å². The lowest BCUT2D eigenvalue weighted by Crippen LogP contribution is -2.22. The number of hydrogen-bond donors (Lipinski definition) is 2. The Hall–Kier alpha value is -3.95. The van der Waals surface area contributed by atoms with Gasteiger partial charge in [-0.25, -0.2) is 4.98 Å². The zero-order valence-electron chi connectivity index (χ0n) is 18.3. The van der Waals surface area contributed by atoms with Crippen molar-refractivity contribution in [2.24, 2.45) is 0 Å². The maximum atomic E-state index is 10.9. The maximum Gasteiger partial charge on any atom is 0.304 e. The summed E-state index contributed by atoms with van der Waals surface area (Å²) in [6.07, 6.45) is 1.63. The summed E-state index contributed by atoms with van der Waals surface area (Å²) in [5, 5.41) is 22.2. The van der Waals surface area contributed by atoms with Gasteiger partial charge in [-0.05, 0) is 59.7 Å². The smallest absolute Gasteiger partial charge is 0.304 e. The molecule has 4 aromatic rings.